The van der Waals surface area contributed by atoms with Crippen LogP contribution in [0, 0.1) is 0 Å². The molecule has 2 unspecified atom stereocenters. The summed E-state index contributed by atoms with van der Waals surface area (Å²) in [5.41, 5.74) is -1.59. The Morgan fingerprint density at radius 1 is 1.38 bits per heavy atom. The quantitative estimate of drug-likeness (QED) is 0.540. The van der Waals surface area contributed by atoms with Crippen molar-refractivity contribution in [2.45, 2.75) is 31.1 Å². The third-order valence-electron chi connectivity index (χ3n) is 3.18. The topological polar surface area (TPSA) is 91.7 Å². The van der Waals surface area contributed by atoms with E-state index in [0.29, 0.717) is 0 Å². The van der Waals surface area contributed by atoms with Gasteiger partial charge in [-0.05, 0) is 6.42 Å². The van der Waals surface area contributed by atoms with Gasteiger partial charge in [-0.15, -0.1) is 0 Å². The molecule has 96 valence electrons. The minimum atomic E-state index is -4.40. The van der Waals surface area contributed by atoms with Crippen LogP contribution in [-0.4, -0.2) is 60.5 Å². The number of carbonyl (C=O) groups is 1. The smallest absolute Gasteiger partial charge is 0.366 e. The monoisotopic (exact) mass is 254 g/mol. The van der Waals surface area contributed by atoms with E-state index in [1.807, 2.05) is 0 Å². The molecule has 0 bridgehead atoms. The molecular weight excluding hydrogens is 234 g/mol. The van der Waals surface area contributed by atoms with E-state index in [9.17, 15) is 18.3 Å². The van der Waals surface area contributed by atoms with Crippen molar-refractivity contribution in [3.8, 4) is 0 Å². The second-order valence-corrected chi connectivity index (χ2v) is 6.48. The summed E-state index contributed by atoms with van der Waals surface area (Å²) in [7, 11) is 0.359. The van der Waals surface area contributed by atoms with Crippen LogP contribution in [0.25, 0.3) is 0 Å². The van der Waals surface area contributed by atoms with Gasteiger partial charge in [0, 0.05) is 6.92 Å². The fraction of sp³-hybridized carbons (Fsp3) is 0.889. The SMILES string of the molecule is CCC(C(C)(C(=O)O)[N+](C)(C)C)S(=O)(=O)O. The number of aliphatic carboxylic acids is 1. The first-order valence-corrected chi connectivity index (χ1v) is 6.40. The van der Waals surface area contributed by atoms with Gasteiger partial charge in [-0.2, -0.15) is 8.42 Å². The zero-order valence-corrected chi connectivity index (χ0v) is 11.1. The van der Waals surface area contributed by atoms with Crippen molar-refractivity contribution in [3.63, 3.8) is 0 Å². The predicted octanol–water partition coefficient (Wildman–Crippen LogP) is 0.202. The lowest BCUT2D eigenvalue weighted by Crippen LogP contribution is -2.67. The molecule has 0 heterocycles. The number of carboxylic acids is 1. The Bertz CT molecular complexity index is 370. The zero-order chi connectivity index (χ0) is 13.4. The molecule has 0 aliphatic carbocycles. The standard InChI is InChI=1S/C9H19NO5S/c1-6-7(16(13,14)15)9(2,8(11)12)10(3,4)5/h7H,6H2,1-5H3,(H-,11,12,13,14,15)/p+1. The highest BCUT2D eigenvalue weighted by molar-refractivity contribution is 7.86. The van der Waals surface area contributed by atoms with E-state index in [2.05, 4.69) is 0 Å². The minimum absolute atomic E-state index is 0.0388. The van der Waals surface area contributed by atoms with Crippen molar-refractivity contribution in [1.82, 2.24) is 0 Å². The molecule has 0 aliphatic heterocycles. The zero-order valence-electron chi connectivity index (χ0n) is 10.3. The molecule has 0 aliphatic rings. The van der Waals surface area contributed by atoms with Gasteiger partial charge < -0.3 is 9.59 Å². The number of likely N-dealkylation sites (N-methyl/N-ethyl adjacent to an activating group) is 1. The van der Waals surface area contributed by atoms with E-state index in [1.54, 1.807) is 21.1 Å². The summed E-state index contributed by atoms with van der Waals surface area (Å²) < 4.78 is 31.5. The molecule has 6 nitrogen and oxygen atoms in total. The number of hydrogen-bond donors (Lipinski definition) is 2. The maximum Gasteiger partial charge on any atom is 0.366 e. The van der Waals surface area contributed by atoms with Crippen LogP contribution < -0.4 is 0 Å². The first-order chi connectivity index (χ1) is 6.89. The fourth-order valence-corrected chi connectivity index (χ4v) is 3.17. The Kier molecular flexibility index (Phi) is 4.13. The van der Waals surface area contributed by atoms with E-state index < -0.39 is 26.9 Å². The highest BCUT2D eigenvalue weighted by Crippen LogP contribution is 2.29. The average molecular weight is 254 g/mol. The Morgan fingerprint density at radius 3 is 1.81 bits per heavy atom. The van der Waals surface area contributed by atoms with Crippen LogP contribution in [0.15, 0.2) is 0 Å². The van der Waals surface area contributed by atoms with Gasteiger partial charge in [-0.25, -0.2) is 4.79 Å². The maximum absolute atomic E-state index is 11.3. The van der Waals surface area contributed by atoms with Crippen molar-refractivity contribution in [2.75, 3.05) is 21.1 Å². The first kappa shape index (κ1) is 15.3. The largest absolute Gasteiger partial charge is 0.477 e. The van der Waals surface area contributed by atoms with Crippen LogP contribution in [-0.2, 0) is 14.9 Å². The Morgan fingerprint density at radius 2 is 1.75 bits per heavy atom. The van der Waals surface area contributed by atoms with Crippen LogP contribution in [0.4, 0.5) is 0 Å². The van der Waals surface area contributed by atoms with Crippen LogP contribution in [0.1, 0.15) is 20.3 Å². The van der Waals surface area contributed by atoms with Gasteiger partial charge in [0.05, 0.1) is 21.1 Å². The fourth-order valence-electron chi connectivity index (χ4n) is 1.75. The summed E-state index contributed by atoms with van der Waals surface area (Å²) >= 11 is 0. The lowest BCUT2D eigenvalue weighted by molar-refractivity contribution is -0.911. The van der Waals surface area contributed by atoms with Crippen molar-refractivity contribution in [2.24, 2.45) is 0 Å². The second-order valence-electron chi connectivity index (χ2n) is 4.88. The molecule has 7 heteroatoms. The minimum Gasteiger partial charge on any atom is -0.477 e. The third kappa shape index (κ3) is 2.53. The highest BCUT2D eigenvalue weighted by atomic mass is 32.2. The summed E-state index contributed by atoms with van der Waals surface area (Å²) in [6.45, 7) is 2.87. The summed E-state index contributed by atoms with van der Waals surface area (Å²) in [5, 5.41) is 7.91. The van der Waals surface area contributed by atoms with Crippen LogP contribution in [0.5, 0.6) is 0 Å². The third-order valence-corrected chi connectivity index (χ3v) is 4.70. The Hall–Kier alpha value is -0.660. The summed E-state index contributed by atoms with van der Waals surface area (Å²) in [6.07, 6.45) is 0.0388. The molecular formula is C9H20NO5S+. The van der Waals surface area contributed by atoms with Crippen molar-refractivity contribution in [3.05, 3.63) is 0 Å². The average Bonchev–Trinajstić information content (AvgIpc) is 1.99. The lowest BCUT2D eigenvalue weighted by atomic mass is 9.92. The number of quaternary nitrogens is 1. The second kappa shape index (κ2) is 4.31. The highest BCUT2D eigenvalue weighted by Gasteiger charge is 2.56. The molecule has 0 saturated heterocycles. The molecule has 0 saturated carbocycles. The normalized spacial score (nSPS) is 18.9. The number of rotatable bonds is 5. The van der Waals surface area contributed by atoms with Crippen LogP contribution >= 0.6 is 0 Å². The van der Waals surface area contributed by atoms with Crippen LogP contribution in [0.3, 0.4) is 0 Å². The van der Waals surface area contributed by atoms with Crippen LogP contribution in [0.2, 0.25) is 0 Å². The van der Waals surface area contributed by atoms with Gasteiger partial charge in [0.25, 0.3) is 10.1 Å². The molecule has 0 fully saturated rings. The van der Waals surface area contributed by atoms with E-state index in [4.69, 9.17) is 4.55 Å². The molecule has 0 aromatic carbocycles. The molecule has 2 N–H and O–H groups in total. The number of carboxylic acid groups (broad SMARTS) is 1. The lowest BCUT2D eigenvalue weighted by Gasteiger charge is -2.43. The van der Waals surface area contributed by atoms with Gasteiger partial charge >= 0.3 is 5.97 Å². The molecule has 0 aromatic rings. The van der Waals surface area contributed by atoms with Gasteiger partial charge in [-0.1, -0.05) is 6.92 Å². The summed E-state index contributed by atoms with van der Waals surface area (Å²) in [4.78, 5) is 11.3. The van der Waals surface area contributed by atoms with E-state index in [1.165, 1.54) is 13.8 Å². The van der Waals surface area contributed by atoms with Gasteiger partial charge in [0.1, 0.15) is 0 Å². The van der Waals surface area contributed by atoms with Gasteiger partial charge in [0.2, 0.25) is 5.54 Å². The van der Waals surface area contributed by atoms with Crippen molar-refractivity contribution in [1.29, 1.82) is 0 Å². The number of hydrogen-bond acceptors (Lipinski definition) is 3. The summed E-state index contributed by atoms with van der Waals surface area (Å²) in [6, 6.07) is 0. The van der Waals surface area contributed by atoms with E-state index in [0.717, 1.165) is 0 Å². The molecule has 0 amide bonds. The summed E-state index contributed by atoms with van der Waals surface area (Å²) in [5.74, 6) is -1.25. The molecule has 2 atom stereocenters. The van der Waals surface area contributed by atoms with Crippen molar-refractivity contribution < 1.29 is 27.4 Å². The van der Waals surface area contributed by atoms with Gasteiger partial charge in [-0.3, -0.25) is 4.55 Å². The van der Waals surface area contributed by atoms with E-state index >= 15 is 0 Å². The van der Waals surface area contributed by atoms with Crippen molar-refractivity contribution >= 4 is 16.1 Å². The molecule has 0 spiro atoms. The first-order valence-electron chi connectivity index (χ1n) is 4.90. The Balaban J connectivity index is 5.81. The molecule has 0 radical (unpaired) electrons. The molecule has 0 aromatic heterocycles. The number of nitrogens with zero attached hydrogens (tertiary/aromatic N) is 1. The Labute approximate surface area is 96.2 Å². The van der Waals surface area contributed by atoms with E-state index in [-0.39, 0.29) is 10.9 Å². The predicted molar refractivity (Wildman–Crippen MR) is 59.7 cm³/mol. The van der Waals surface area contributed by atoms with Gasteiger partial charge in [0.15, 0.2) is 5.25 Å². The molecule has 0 rings (SSSR count). The molecule has 16 heavy (non-hydrogen) atoms. The maximum atomic E-state index is 11.3.